The lowest BCUT2D eigenvalue weighted by atomic mass is 10.2. The van der Waals surface area contributed by atoms with Gasteiger partial charge >= 0.3 is 5.97 Å². The van der Waals surface area contributed by atoms with Crippen LogP contribution in [0.15, 0.2) is 24.3 Å². The first-order valence-corrected chi connectivity index (χ1v) is 5.45. The Morgan fingerprint density at radius 1 is 1.29 bits per heavy atom. The van der Waals surface area contributed by atoms with Crippen LogP contribution in [0.5, 0.6) is 11.5 Å². The summed E-state index contributed by atoms with van der Waals surface area (Å²) in [4.78, 5) is 11.0. The Balaban J connectivity index is 2.18. The molecule has 1 aliphatic rings. The van der Waals surface area contributed by atoms with Crippen LogP contribution < -0.4 is 9.47 Å². The first-order chi connectivity index (χ1) is 8.29. The SMILES string of the molecule is COC(=O)/C=C/c1ccc2c(c1)OCCCO2. The highest BCUT2D eigenvalue weighted by Gasteiger charge is 2.09. The fourth-order valence-electron chi connectivity index (χ4n) is 1.52. The molecule has 0 atom stereocenters. The number of ether oxygens (including phenoxy) is 3. The smallest absolute Gasteiger partial charge is 0.330 e. The molecule has 2 rings (SSSR count). The zero-order valence-electron chi connectivity index (χ0n) is 9.64. The highest BCUT2D eigenvalue weighted by atomic mass is 16.5. The van der Waals surface area contributed by atoms with Crippen molar-refractivity contribution in [2.45, 2.75) is 6.42 Å². The first kappa shape index (κ1) is 11.5. The molecular weight excluding hydrogens is 220 g/mol. The Hall–Kier alpha value is -1.97. The summed E-state index contributed by atoms with van der Waals surface area (Å²) in [7, 11) is 1.35. The Morgan fingerprint density at radius 3 is 2.82 bits per heavy atom. The Morgan fingerprint density at radius 2 is 2.06 bits per heavy atom. The molecule has 1 aliphatic heterocycles. The van der Waals surface area contributed by atoms with Crippen molar-refractivity contribution in [3.05, 3.63) is 29.8 Å². The van der Waals surface area contributed by atoms with Crippen LogP contribution in [-0.2, 0) is 9.53 Å². The summed E-state index contributed by atoms with van der Waals surface area (Å²) in [6.07, 6.45) is 3.93. The molecule has 1 aromatic rings. The molecule has 0 N–H and O–H groups in total. The average Bonchev–Trinajstić information content (AvgIpc) is 2.60. The minimum atomic E-state index is -0.378. The zero-order valence-corrected chi connectivity index (χ0v) is 9.64. The molecule has 4 heteroatoms. The van der Waals surface area contributed by atoms with Crippen LogP contribution in [0.1, 0.15) is 12.0 Å². The van der Waals surface area contributed by atoms with Crippen LogP contribution >= 0.6 is 0 Å². The summed E-state index contributed by atoms with van der Waals surface area (Å²) in [6, 6.07) is 5.56. The van der Waals surface area contributed by atoms with E-state index in [2.05, 4.69) is 4.74 Å². The van der Waals surface area contributed by atoms with Crippen LogP contribution in [0.3, 0.4) is 0 Å². The van der Waals surface area contributed by atoms with Crippen molar-refractivity contribution in [1.29, 1.82) is 0 Å². The lowest BCUT2D eigenvalue weighted by molar-refractivity contribution is -0.134. The zero-order chi connectivity index (χ0) is 12.1. The minimum Gasteiger partial charge on any atom is -0.490 e. The van der Waals surface area contributed by atoms with E-state index in [4.69, 9.17) is 9.47 Å². The standard InChI is InChI=1S/C13H14O4/c1-15-13(14)6-4-10-3-5-11-12(9-10)17-8-2-7-16-11/h3-6,9H,2,7-8H2,1H3/b6-4+. The summed E-state index contributed by atoms with van der Waals surface area (Å²) in [5, 5.41) is 0. The van der Waals surface area contributed by atoms with Crippen molar-refractivity contribution in [1.82, 2.24) is 0 Å². The van der Waals surface area contributed by atoms with Crippen molar-refractivity contribution in [3.63, 3.8) is 0 Å². The third-order valence-corrected chi connectivity index (χ3v) is 2.38. The van der Waals surface area contributed by atoms with Gasteiger partial charge in [0.05, 0.1) is 20.3 Å². The molecule has 0 spiro atoms. The van der Waals surface area contributed by atoms with Crippen LogP contribution in [0.2, 0.25) is 0 Å². The predicted molar refractivity (Wildman–Crippen MR) is 63.1 cm³/mol. The maximum atomic E-state index is 11.0. The summed E-state index contributed by atoms with van der Waals surface area (Å²) in [5.74, 6) is 1.09. The third kappa shape index (κ3) is 3.00. The number of hydrogen-bond acceptors (Lipinski definition) is 4. The van der Waals surface area contributed by atoms with E-state index >= 15 is 0 Å². The number of esters is 1. The van der Waals surface area contributed by atoms with Gasteiger partial charge in [0, 0.05) is 12.5 Å². The second-order valence-corrected chi connectivity index (χ2v) is 3.61. The number of methoxy groups -OCH3 is 1. The number of hydrogen-bond donors (Lipinski definition) is 0. The quantitative estimate of drug-likeness (QED) is 0.580. The Bertz CT molecular complexity index is 437. The van der Waals surface area contributed by atoms with Gasteiger partial charge in [-0.25, -0.2) is 4.79 Å². The number of fused-ring (bicyclic) bond motifs is 1. The van der Waals surface area contributed by atoms with Crippen LogP contribution in [0.25, 0.3) is 6.08 Å². The second-order valence-electron chi connectivity index (χ2n) is 3.61. The van der Waals surface area contributed by atoms with Gasteiger partial charge < -0.3 is 14.2 Å². The van der Waals surface area contributed by atoms with Gasteiger partial charge in [0.1, 0.15) is 0 Å². The topological polar surface area (TPSA) is 44.8 Å². The molecule has 0 amide bonds. The number of benzene rings is 1. The Kier molecular flexibility index (Phi) is 3.65. The Labute approximate surface area is 99.8 Å². The molecule has 0 unspecified atom stereocenters. The third-order valence-electron chi connectivity index (χ3n) is 2.38. The minimum absolute atomic E-state index is 0.378. The predicted octanol–water partition coefficient (Wildman–Crippen LogP) is 2.03. The molecular formula is C13H14O4. The normalized spacial score (nSPS) is 14.4. The van der Waals surface area contributed by atoms with E-state index in [1.165, 1.54) is 13.2 Å². The molecule has 0 bridgehead atoms. The highest BCUT2D eigenvalue weighted by Crippen LogP contribution is 2.30. The van der Waals surface area contributed by atoms with Crippen molar-refractivity contribution in [2.24, 2.45) is 0 Å². The first-order valence-electron chi connectivity index (χ1n) is 5.45. The van der Waals surface area contributed by atoms with Crippen molar-refractivity contribution in [2.75, 3.05) is 20.3 Å². The van der Waals surface area contributed by atoms with Crippen LogP contribution in [0, 0.1) is 0 Å². The van der Waals surface area contributed by atoms with Gasteiger partial charge in [0.15, 0.2) is 11.5 Å². The monoisotopic (exact) mass is 234 g/mol. The fourth-order valence-corrected chi connectivity index (χ4v) is 1.52. The van der Waals surface area contributed by atoms with Gasteiger partial charge in [-0.15, -0.1) is 0 Å². The lowest BCUT2D eigenvalue weighted by Gasteiger charge is -2.07. The van der Waals surface area contributed by atoms with Gasteiger partial charge in [0.25, 0.3) is 0 Å². The van der Waals surface area contributed by atoms with E-state index in [-0.39, 0.29) is 5.97 Å². The molecule has 4 nitrogen and oxygen atoms in total. The van der Waals surface area contributed by atoms with Gasteiger partial charge in [0.2, 0.25) is 0 Å². The average molecular weight is 234 g/mol. The summed E-state index contributed by atoms with van der Waals surface area (Å²) in [6.45, 7) is 1.32. The molecule has 1 heterocycles. The van der Waals surface area contributed by atoms with Crippen molar-refractivity contribution < 1.29 is 19.0 Å². The summed E-state index contributed by atoms with van der Waals surface area (Å²) >= 11 is 0. The number of carbonyl (C=O) groups excluding carboxylic acids is 1. The molecule has 0 fully saturated rings. The molecule has 1 aromatic carbocycles. The van der Waals surface area contributed by atoms with E-state index in [0.29, 0.717) is 13.2 Å². The molecule has 0 saturated heterocycles. The number of carbonyl (C=O) groups is 1. The molecule has 0 aromatic heterocycles. The van der Waals surface area contributed by atoms with Crippen LogP contribution in [0.4, 0.5) is 0 Å². The molecule has 0 aliphatic carbocycles. The lowest BCUT2D eigenvalue weighted by Crippen LogP contribution is -1.97. The number of rotatable bonds is 2. The van der Waals surface area contributed by atoms with Gasteiger partial charge in [-0.3, -0.25) is 0 Å². The molecule has 17 heavy (non-hydrogen) atoms. The van der Waals surface area contributed by atoms with E-state index in [1.54, 1.807) is 6.08 Å². The van der Waals surface area contributed by atoms with Crippen molar-refractivity contribution in [3.8, 4) is 11.5 Å². The van der Waals surface area contributed by atoms with E-state index in [9.17, 15) is 4.79 Å². The molecule has 90 valence electrons. The van der Waals surface area contributed by atoms with Crippen molar-refractivity contribution >= 4 is 12.0 Å². The molecule has 0 saturated carbocycles. The van der Waals surface area contributed by atoms with E-state index < -0.39 is 0 Å². The fraction of sp³-hybridized carbons (Fsp3) is 0.308. The maximum Gasteiger partial charge on any atom is 0.330 e. The van der Waals surface area contributed by atoms with Gasteiger partial charge in [-0.2, -0.15) is 0 Å². The van der Waals surface area contributed by atoms with E-state index in [0.717, 1.165) is 23.5 Å². The van der Waals surface area contributed by atoms with Gasteiger partial charge in [-0.05, 0) is 23.8 Å². The largest absolute Gasteiger partial charge is 0.490 e. The summed E-state index contributed by atoms with van der Waals surface area (Å²) < 4.78 is 15.6. The van der Waals surface area contributed by atoms with Gasteiger partial charge in [-0.1, -0.05) is 6.07 Å². The maximum absolute atomic E-state index is 11.0. The highest BCUT2D eigenvalue weighted by molar-refractivity contribution is 5.87. The summed E-state index contributed by atoms with van der Waals surface area (Å²) in [5.41, 5.74) is 0.875. The second kappa shape index (κ2) is 5.39. The molecule has 0 radical (unpaired) electrons. The van der Waals surface area contributed by atoms with E-state index in [1.807, 2.05) is 18.2 Å². The van der Waals surface area contributed by atoms with Crippen LogP contribution in [-0.4, -0.2) is 26.3 Å².